The van der Waals surface area contributed by atoms with Crippen molar-refractivity contribution in [1.82, 2.24) is 4.98 Å². The van der Waals surface area contributed by atoms with Gasteiger partial charge in [0.2, 0.25) is 0 Å². The fourth-order valence-corrected chi connectivity index (χ4v) is 2.83. The molecule has 0 bridgehead atoms. The minimum atomic E-state index is -0.511. The van der Waals surface area contributed by atoms with Crippen molar-refractivity contribution in [2.24, 2.45) is 0 Å². The molecule has 1 aliphatic rings. The van der Waals surface area contributed by atoms with Gasteiger partial charge in [0.25, 0.3) is 0 Å². The van der Waals surface area contributed by atoms with E-state index >= 15 is 0 Å². The molecule has 0 aliphatic carbocycles. The summed E-state index contributed by atoms with van der Waals surface area (Å²) < 4.78 is 27.7. The standard InChI is InChI=1S/C16H13F2N3/c17-13-4-1-5-14(18)15(13)12-6-8-21(10-12)16-11(9-19)3-2-7-20-16/h1-5,7,12H,6,8,10H2. The van der Waals surface area contributed by atoms with Gasteiger partial charge in [-0.3, -0.25) is 0 Å². The maximum Gasteiger partial charge on any atom is 0.146 e. The van der Waals surface area contributed by atoms with E-state index in [2.05, 4.69) is 11.1 Å². The molecule has 1 aromatic carbocycles. The molecule has 3 rings (SSSR count). The van der Waals surface area contributed by atoms with Gasteiger partial charge in [-0.25, -0.2) is 13.8 Å². The van der Waals surface area contributed by atoms with E-state index in [4.69, 9.17) is 5.26 Å². The van der Waals surface area contributed by atoms with Crippen molar-refractivity contribution < 1.29 is 8.78 Å². The van der Waals surface area contributed by atoms with E-state index in [0.717, 1.165) is 0 Å². The molecule has 1 atom stereocenters. The Bertz CT molecular complexity index is 689. The Hall–Kier alpha value is -2.48. The fourth-order valence-electron chi connectivity index (χ4n) is 2.83. The van der Waals surface area contributed by atoms with Crippen LogP contribution in [0.25, 0.3) is 0 Å². The fraction of sp³-hybridized carbons (Fsp3) is 0.250. The summed E-state index contributed by atoms with van der Waals surface area (Å²) in [6.07, 6.45) is 2.26. The first-order valence-corrected chi connectivity index (χ1v) is 6.74. The number of halogens is 2. The van der Waals surface area contributed by atoms with Crippen molar-refractivity contribution in [1.29, 1.82) is 5.26 Å². The van der Waals surface area contributed by atoms with Crippen LogP contribution in [0, 0.1) is 23.0 Å². The number of benzene rings is 1. The maximum atomic E-state index is 13.9. The molecule has 3 nitrogen and oxygen atoms in total. The van der Waals surface area contributed by atoms with Gasteiger partial charge in [0.1, 0.15) is 23.5 Å². The largest absolute Gasteiger partial charge is 0.355 e. The highest BCUT2D eigenvalue weighted by atomic mass is 19.1. The quantitative estimate of drug-likeness (QED) is 0.850. The molecule has 21 heavy (non-hydrogen) atoms. The zero-order chi connectivity index (χ0) is 14.8. The first kappa shape index (κ1) is 13.5. The van der Waals surface area contributed by atoms with Crippen molar-refractivity contribution in [3.05, 3.63) is 59.3 Å². The molecule has 1 aliphatic heterocycles. The van der Waals surface area contributed by atoms with E-state index in [1.165, 1.54) is 18.2 Å². The van der Waals surface area contributed by atoms with E-state index in [1.54, 1.807) is 18.3 Å². The predicted octanol–water partition coefficient (Wildman–Crippen LogP) is 3.23. The van der Waals surface area contributed by atoms with Crippen LogP contribution in [0.15, 0.2) is 36.5 Å². The van der Waals surface area contributed by atoms with Crippen LogP contribution in [0.5, 0.6) is 0 Å². The third-order valence-electron chi connectivity index (χ3n) is 3.80. The van der Waals surface area contributed by atoms with Crippen LogP contribution in [-0.2, 0) is 0 Å². The molecule has 1 fully saturated rings. The Balaban J connectivity index is 1.88. The topological polar surface area (TPSA) is 39.9 Å². The van der Waals surface area contributed by atoms with Gasteiger partial charge in [0.15, 0.2) is 0 Å². The summed E-state index contributed by atoms with van der Waals surface area (Å²) in [6, 6.07) is 9.42. The molecule has 0 spiro atoms. The molecule has 2 heterocycles. The molecule has 0 saturated carbocycles. The van der Waals surface area contributed by atoms with Crippen molar-refractivity contribution in [2.75, 3.05) is 18.0 Å². The van der Waals surface area contributed by atoms with Crippen molar-refractivity contribution in [3.63, 3.8) is 0 Å². The number of pyridine rings is 1. The smallest absolute Gasteiger partial charge is 0.146 e. The molecule has 1 saturated heterocycles. The SMILES string of the molecule is N#Cc1cccnc1N1CCC(c2c(F)cccc2F)C1. The second-order valence-corrected chi connectivity index (χ2v) is 5.05. The Morgan fingerprint density at radius 2 is 1.95 bits per heavy atom. The Morgan fingerprint density at radius 3 is 2.67 bits per heavy atom. The number of nitrogens with zero attached hydrogens (tertiary/aromatic N) is 3. The van der Waals surface area contributed by atoms with Crippen LogP contribution < -0.4 is 4.90 Å². The van der Waals surface area contributed by atoms with Crippen molar-refractivity contribution >= 4 is 5.82 Å². The lowest BCUT2D eigenvalue weighted by molar-refractivity contribution is 0.533. The van der Waals surface area contributed by atoms with E-state index < -0.39 is 11.6 Å². The van der Waals surface area contributed by atoms with Gasteiger partial charge in [-0.2, -0.15) is 5.26 Å². The first-order valence-electron chi connectivity index (χ1n) is 6.74. The van der Waals surface area contributed by atoms with Crippen LogP contribution in [0.2, 0.25) is 0 Å². The van der Waals surface area contributed by atoms with Crippen molar-refractivity contribution in [2.45, 2.75) is 12.3 Å². The van der Waals surface area contributed by atoms with E-state index in [1.807, 2.05) is 4.90 Å². The minimum Gasteiger partial charge on any atom is -0.355 e. The highest BCUT2D eigenvalue weighted by Gasteiger charge is 2.29. The normalized spacial score (nSPS) is 17.8. The van der Waals surface area contributed by atoms with Crippen LogP contribution in [-0.4, -0.2) is 18.1 Å². The predicted molar refractivity (Wildman–Crippen MR) is 74.9 cm³/mol. The summed E-state index contributed by atoms with van der Waals surface area (Å²) in [4.78, 5) is 6.13. The molecule has 0 radical (unpaired) electrons. The number of nitriles is 1. The average Bonchev–Trinajstić information content (AvgIpc) is 2.96. The lowest BCUT2D eigenvalue weighted by atomic mass is 9.97. The number of anilines is 1. The average molecular weight is 285 g/mol. The summed E-state index contributed by atoms with van der Waals surface area (Å²) in [5, 5.41) is 9.11. The molecule has 106 valence electrons. The monoisotopic (exact) mass is 285 g/mol. The number of hydrogen-bond donors (Lipinski definition) is 0. The highest BCUT2D eigenvalue weighted by Crippen LogP contribution is 2.33. The van der Waals surface area contributed by atoms with Gasteiger partial charge in [-0.05, 0) is 30.7 Å². The van der Waals surface area contributed by atoms with Gasteiger partial charge in [0.05, 0.1) is 5.56 Å². The van der Waals surface area contributed by atoms with Gasteiger partial charge in [-0.1, -0.05) is 6.07 Å². The van der Waals surface area contributed by atoms with Gasteiger partial charge < -0.3 is 4.90 Å². The third-order valence-corrected chi connectivity index (χ3v) is 3.80. The van der Waals surface area contributed by atoms with Crippen molar-refractivity contribution in [3.8, 4) is 6.07 Å². The van der Waals surface area contributed by atoms with Crippen LogP contribution >= 0.6 is 0 Å². The zero-order valence-electron chi connectivity index (χ0n) is 11.3. The lowest BCUT2D eigenvalue weighted by Gasteiger charge is -2.19. The number of hydrogen-bond acceptors (Lipinski definition) is 3. The lowest BCUT2D eigenvalue weighted by Crippen LogP contribution is -2.21. The molecular formula is C16H13F2N3. The maximum absolute atomic E-state index is 13.9. The number of aromatic nitrogens is 1. The minimum absolute atomic E-state index is 0.134. The second kappa shape index (κ2) is 5.49. The molecule has 0 amide bonds. The van der Waals surface area contributed by atoms with Crippen LogP contribution in [0.1, 0.15) is 23.5 Å². The Morgan fingerprint density at radius 1 is 1.19 bits per heavy atom. The van der Waals surface area contributed by atoms with Gasteiger partial charge >= 0.3 is 0 Å². The van der Waals surface area contributed by atoms with Crippen LogP contribution in [0.3, 0.4) is 0 Å². The van der Waals surface area contributed by atoms with E-state index in [0.29, 0.717) is 30.9 Å². The van der Waals surface area contributed by atoms with E-state index in [-0.39, 0.29) is 11.5 Å². The Kier molecular flexibility index (Phi) is 3.53. The molecule has 1 aromatic heterocycles. The summed E-state index contributed by atoms with van der Waals surface area (Å²) in [7, 11) is 0. The second-order valence-electron chi connectivity index (χ2n) is 5.05. The molecule has 1 unspecified atom stereocenters. The van der Waals surface area contributed by atoms with Gasteiger partial charge in [0, 0.05) is 30.8 Å². The molecule has 2 aromatic rings. The van der Waals surface area contributed by atoms with Gasteiger partial charge in [-0.15, -0.1) is 0 Å². The summed E-state index contributed by atoms with van der Waals surface area (Å²) in [6.45, 7) is 1.09. The molecular weight excluding hydrogens is 272 g/mol. The highest BCUT2D eigenvalue weighted by molar-refractivity contribution is 5.54. The first-order chi connectivity index (χ1) is 10.2. The van der Waals surface area contributed by atoms with E-state index in [9.17, 15) is 8.78 Å². The summed E-state index contributed by atoms with van der Waals surface area (Å²) in [5.74, 6) is -0.661. The third kappa shape index (κ3) is 2.45. The zero-order valence-corrected chi connectivity index (χ0v) is 11.3. The number of rotatable bonds is 2. The summed E-state index contributed by atoms with van der Waals surface area (Å²) in [5.41, 5.74) is 0.613. The Labute approximate surface area is 121 Å². The van der Waals surface area contributed by atoms with Crippen LogP contribution in [0.4, 0.5) is 14.6 Å². The molecule has 0 N–H and O–H groups in total. The summed E-state index contributed by atoms with van der Waals surface area (Å²) >= 11 is 0. The molecule has 5 heteroatoms.